The highest BCUT2D eigenvalue weighted by Crippen LogP contribution is 2.16. The molecule has 0 N–H and O–H groups in total. The number of amides is 1. The topological polar surface area (TPSA) is 20.3 Å². The molecule has 1 rings (SSSR count). The van der Waals surface area contributed by atoms with E-state index < -0.39 is 0 Å². The van der Waals surface area contributed by atoms with Crippen LogP contribution in [0, 0.1) is 6.92 Å². The van der Waals surface area contributed by atoms with Crippen molar-refractivity contribution in [1.29, 1.82) is 0 Å². The van der Waals surface area contributed by atoms with Gasteiger partial charge in [0.05, 0.1) is 5.56 Å². The van der Waals surface area contributed by atoms with Crippen LogP contribution < -0.4 is 0 Å². The fourth-order valence-corrected chi connectivity index (χ4v) is 2.69. The Morgan fingerprint density at radius 1 is 1.47 bits per heavy atom. The molecule has 0 aromatic carbocycles. The number of hydrogen-bond acceptors (Lipinski definition) is 2. The third kappa shape index (κ3) is 3.31. The molecule has 0 unspecified atom stereocenters. The van der Waals surface area contributed by atoms with E-state index in [4.69, 9.17) is 0 Å². The lowest BCUT2D eigenvalue weighted by molar-refractivity contribution is 0.0766. The molecule has 0 saturated carbocycles. The Kier molecular flexibility index (Phi) is 5.32. The maximum absolute atomic E-state index is 12.1. The van der Waals surface area contributed by atoms with Gasteiger partial charge in [-0.2, -0.15) is 11.3 Å². The number of carbonyl (C=O) groups excluding carboxylic acids is 1. The van der Waals surface area contributed by atoms with Crippen LogP contribution in [0.1, 0.15) is 29.3 Å². The van der Waals surface area contributed by atoms with E-state index in [2.05, 4.69) is 22.9 Å². The van der Waals surface area contributed by atoms with Crippen molar-refractivity contribution >= 4 is 33.2 Å². The standard InChI is InChI=1S/C11H16BrNOS/c1-3-5-13(6-4-12)11(14)10-8-15-7-9(10)2/h7-8H,3-6H2,1-2H3. The number of rotatable bonds is 5. The molecule has 1 aromatic rings. The number of halogens is 1. The average molecular weight is 290 g/mol. The molecule has 0 fully saturated rings. The minimum absolute atomic E-state index is 0.162. The highest BCUT2D eigenvalue weighted by Gasteiger charge is 2.16. The van der Waals surface area contributed by atoms with Gasteiger partial charge in [0.25, 0.3) is 5.91 Å². The average Bonchev–Trinajstić information content (AvgIpc) is 2.63. The molecule has 0 aliphatic rings. The van der Waals surface area contributed by atoms with Gasteiger partial charge in [-0.15, -0.1) is 0 Å². The third-order valence-corrected chi connectivity index (χ3v) is 3.44. The summed E-state index contributed by atoms with van der Waals surface area (Å²) >= 11 is 4.97. The first-order chi connectivity index (χ1) is 7.20. The molecule has 1 amide bonds. The number of alkyl halides is 1. The minimum Gasteiger partial charge on any atom is -0.338 e. The number of carbonyl (C=O) groups is 1. The van der Waals surface area contributed by atoms with Crippen molar-refractivity contribution in [3.8, 4) is 0 Å². The molecule has 15 heavy (non-hydrogen) atoms. The predicted molar refractivity (Wildman–Crippen MR) is 69.0 cm³/mol. The third-order valence-electron chi connectivity index (χ3n) is 2.22. The summed E-state index contributed by atoms with van der Waals surface area (Å²) in [6.07, 6.45) is 1.00. The summed E-state index contributed by atoms with van der Waals surface area (Å²) in [6.45, 7) is 5.69. The number of hydrogen-bond donors (Lipinski definition) is 0. The fourth-order valence-electron chi connectivity index (χ4n) is 1.44. The van der Waals surface area contributed by atoms with Crippen molar-refractivity contribution in [2.45, 2.75) is 20.3 Å². The van der Waals surface area contributed by atoms with Gasteiger partial charge in [0.2, 0.25) is 0 Å². The van der Waals surface area contributed by atoms with Gasteiger partial charge in [0.1, 0.15) is 0 Å². The van der Waals surface area contributed by atoms with Gasteiger partial charge in [0, 0.05) is 23.8 Å². The molecular weight excluding hydrogens is 274 g/mol. The van der Waals surface area contributed by atoms with Crippen molar-refractivity contribution in [2.75, 3.05) is 18.4 Å². The molecule has 84 valence electrons. The highest BCUT2D eigenvalue weighted by molar-refractivity contribution is 9.09. The Labute approximate surface area is 103 Å². The zero-order valence-electron chi connectivity index (χ0n) is 9.12. The molecule has 1 heterocycles. The second kappa shape index (κ2) is 6.28. The normalized spacial score (nSPS) is 10.3. The summed E-state index contributed by atoms with van der Waals surface area (Å²) in [6, 6.07) is 0. The van der Waals surface area contributed by atoms with E-state index >= 15 is 0 Å². The zero-order chi connectivity index (χ0) is 11.3. The Balaban J connectivity index is 2.76. The molecule has 2 nitrogen and oxygen atoms in total. The summed E-state index contributed by atoms with van der Waals surface area (Å²) in [7, 11) is 0. The lowest BCUT2D eigenvalue weighted by Gasteiger charge is -2.20. The summed E-state index contributed by atoms with van der Waals surface area (Å²) in [5.41, 5.74) is 1.94. The van der Waals surface area contributed by atoms with Gasteiger partial charge in [-0.25, -0.2) is 0 Å². The van der Waals surface area contributed by atoms with Crippen LogP contribution in [0.5, 0.6) is 0 Å². The second-order valence-electron chi connectivity index (χ2n) is 3.45. The van der Waals surface area contributed by atoms with Gasteiger partial charge in [0.15, 0.2) is 0 Å². The van der Waals surface area contributed by atoms with E-state index in [1.165, 1.54) is 0 Å². The van der Waals surface area contributed by atoms with Crippen molar-refractivity contribution in [2.24, 2.45) is 0 Å². The van der Waals surface area contributed by atoms with Gasteiger partial charge in [-0.05, 0) is 24.3 Å². The van der Waals surface area contributed by atoms with Crippen LogP contribution in [0.25, 0.3) is 0 Å². The van der Waals surface area contributed by atoms with E-state index in [9.17, 15) is 4.79 Å². The van der Waals surface area contributed by atoms with E-state index in [0.29, 0.717) is 0 Å². The largest absolute Gasteiger partial charge is 0.338 e. The van der Waals surface area contributed by atoms with Crippen LogP contribution in [-0.4, -0.2) is 29.2 Å². The van der Waals surface area contributed by atoms with Crippen molar-refractivity contribution in [3.05, 3.63) is 21.9 Å². The van der Waals surface area contributed by atoms with E-state index in [0.717, 1.165) is 36.0 Å². The maximum atomic E-state index is 12.1. The fraction of sp³-hybridized carbons (Fsp3) is 0.545. The Hall–Kier alpha value is -0.350. The minimum atomic E-state index is 0.162. The monoisotopic (exact) mass is 289 g/mol. The van der Waals surface area contributed by atoms with Gasteiger partial charge in [-0.3, -0.25) is 4.79 Å². The van der Waals surface area contributed by atoms with Gasteiger partial charge < -0.3 is 4.90 Å². The molecule has 0 atom stereocenters. The molecular formula is C11H16BrNOS. The van der Waals surface area contributed by atoms with Crippen molar-refractivity contribution in [1.82, 2.24) is 4.90 Å². The number of thiophene rings is 1. The Bertz CT molecular complexity index is 318. The second-order valence-corrected chi connectivity index (χ2v) is 4.99. The van der Waals surface area contributed by atoms with Crippen molar-refractivity contribution in [3.63, 3.8) is 0 Å². The van der Waals surface area contributed by atoms with Gasteiger partial charge in [-0.1, -0.05) is 22.9 Å². The van der Waals surface area contributed by atoms with Crippen LogP contribution in [0.15, 0.2) is 10.8 Å². The van der Waals surface area contributed by atoms with Crippen LogP contribution in [-0.2, 0) is 0 Å². The molecule has 0 saturated heterocycles. The summed E-state index contributed by atoms with van der Waals surface area (Å²) in [4.78, 5) is 14.0. The lowest BCUT2D eigenvalue weighted by Crippen LogP contribution is -2.33. The summed E-state index contributed by atoms with van der Waals surface area (Å²) in [5.74, 6) is 0.162. The smallest absolute Gasteiger partial charge is 0.254 e. The Morgan fingerprint density at radius 3 is 2.67 bits per heavy atom. The first kappa shape index (κ1) is 12.7. The van der Waals surface area contributed by atoms with E-state index in [-0.39, 0.29) is 5.91 Å². The highest BCUT2D eigenvalue weighted by atomic mass is 79.9. The van der Waals surface area contributed by atoms with Crippen LogP contribution in [0.4, 0.5) is 0 Å². The SMILES string of the molecule is CCCN(CCBr)C(=O)c1cscc1C. The molecule has 1 aromatic heterocycles. The quantitative estimate of drug-likeness (QED) is 0.762. The summed E-state index contributed by atoms with van der Waals surface area (Å²) < 4.78 is 0. The zero-order valence-corrected chi connectivity index (χ0v) is 11.5. The van der Waals surface area contributed by atoms with Gasteiger partial charge >= 0.3 is 0 Å². The maximum Gasteiger partial charge on any atom is 0.254 e. The summed E-state index contributed by atoms with van der Waals surface area (Å²) in [5, 5.41) is 4.79. The lowest BCUT2D eigenvalue weighted by atomic mass is 10.2. The van der Waals surface area contributed by atoms with Crippen molar-refractivity contribution < 1.29 is 4.79 Å². The predicted octanol–water partition coefficient (Wildman–Crippen LogP) is 3.30. The first-order valence-corrected chi connectivity index (χ1v) is 7.15. The molecule has 0 aliphatic carbocycles. The molecule has 0 bridgehead atoms. The molecule has 0 radical (unpaired) electrons. The molecule has 0 spiro atoms. The molecule has 4 heteroatoms. The van der Waals surface area contributed by atoms with Crippen LogP contribution >= 0.6 is 27.3 Å². The Morgan fingerprint density at radius 2 is 2.20 bits per heavy atom. The first-order valence-electron chi connectivity index (χ1n) is 5.08. The molecule has 0 aliphatic heterocycles. The number of aryl methyl sites for hydroxylation is 1. The van der Waals surface area contributed by atoms with E-state index in [1.54, 1.807) is 11.3 Å². The van der Waals surface area contributed by atoms with Crippen LogP contribution in [0.3, 0.4) is 0 Å². The number of nitrogens with zero attached hydrogens (tertiary/aromatic N) is 1. The van der Waals surface area contributed by atoms with E-state index in [1.807, 2.05) is 22.6 Å². The van der Waals surface area contributed by atoms with Crippen LogP contribution in [0.2, 0.25) is 0 Å².